The fourth-order valence-corrected chi connectivity index (χ4v) is 14.0. The number of aliphatic carboxylic acids is 1. The molecule has 1 aliphatic heterocycles. The smallest absolute Gasteiger partial charge is 0.313 e. The molecule has 2 aromatic rings. The van der Waals surface area contributed by atoms with Crippen molar-refractivity contribution in [1.82, 2.24) is 26.1 Å². The highest BCUT2D eigenvalue weighted by molar-refractivity contribution is 6.77. The zero-order chi connectivity index (χ0) is 40.1. The first-order chi connectivity index (χ1) is 25.3. The number of aliphatic hydroxyl groups excluding tert-OH is 1. The molecule has 1 aromatic heterocycles. The molecule has 13 heteroatoms. The van der Waals surface area contributed by atoms with E-state index in [1.165, 1.54) is 5.01 Å². The number of benzene rings is 1. The van der Waals surface area contributed by atoms with Gasteiger partial charge in [0.1, 0.15) is 18.2 Å². The van der Waals surface area contributed by atoms with Gasteiger partial charge in [0, 0.05) is 18.0 Å². The second-order valence-electron chi connectivity index (χ2n) is 16.7. The maximum atomic E-state index is 13.4. The standard InChI is InChI=1S/C41H63N5O7Si/c1-24(2)36(47)38(49)43-29(10)39(50)46-21-11-12-34(45-46)37(48)42-28(9)33-16-15-31-14-13-30(22-35(31)44-33)17-19-41(40(51)52)20-18-32(23-41)53-54(25(3)4,26(5)6)27(7)8/h13-17,19,22,24-29,32,34,36,45,47H,11-12,18,20-21,23H2,1-10H3,(H,42,48)(H,43,49)(H,51,52)/b19-17+/t28-,29+,32?,34+,36+,41?/m1/s1. The molecule has 2 heterocycles. The number of nitrogens with one attached hydrogen (secondary N) is 3. The average molecular weight is 766 g/mol. The molecule has 6 atom stereocenters. The Labute approximate surface area is 322 Å². The maximum Gasteiger partial charge on any atom is 0.313 e. The van der Waals surface area contributed by atoms with Gasteiger partial charge in [0.2, 0.25) is 20.1 Å². The van der Waals surface area contributed by atoms with Crippen LogP contribution in [0.2, 0.25) is 16.6 Å². The Morgan fingerprint density at radius 3 is 2.22 bits per heavy atom. The number of aliphatic hydroxyl groups is 1. The van der Waals surface area contributed by atoms with Gasteiger partial charge in [0.15, 0.2) is 0 Å². The summed E-state index contributed by atoms with van der Waals surface area (Å²) >= 11 is 0. The van der Waals surface area contributed by atoms with Crippen molar-refractivity contribution in [3.8, 4) is 0 Å². The van der Waals surface area contributed by atoms with Crippen molar-refractivity contribution >= 4 is 49.0 Å². The first-order valence-corrected chi connectivity index (χ1v) is 21.8. The first-order valence-electron chi connectivity index (χ1n) is 19.7. The Hall–Kier alpha value is -3.65. The Morgan fingerprint density at radius 1 is 0.963 bits per heavy atom. The van der Waals surface area contributed by atoms with Crippen LogP contribution in [0.4, 0.5) is 0 Å². The summed E-state index contributed by atoms with van der Waals surface area (Å²) in [5.41, 5.74) is 5.49. The SMILES string of the molecule is CC(C)[C@H](O)C(=O)N[C@@H](C)C(=O)N1CCC[C@@H](C(=O)N[C@H](C)c2ccc3ccc(/C=C/C4(C(=O)O)CCC(O[Si](C(C)C)(C(C)C)C(C)C)C4)cc3n2)N1. The lowest BCUT2D eigenvalue weighted by atomic mass is 9.85. The highest BCUT2D eigenvalue weighted by Gasteiger charge is 2.51. The number of hydrogen-bond acceptors (Lipinski definition) is 8. The number of amides is 3. The summed E-state index contributed by atoms with van der Waals surface area (Å²) in [6.07, 6.45) is 5.22. The van der Waals surface area contributed by atoms with Gasteiger partial charge in [0.25, 0.3) is 5.91 Å². The average Bonchev–Trinajstić information content (AvgIpc) is 3.55. The minimum Gasteiger partial charge on any atom is -0.481 e. The van der Waals surface area contributed by atoms with Crippen LogP contribution in [-0.2, 0) is 23.6 Å². The normalized spacial score (nSPS) is 22.7. The van der Waals surface area contributed by atoms with E-state index in [1.807, 2.05) is 49.4 Å². The van der Waals surface area contributed by atoms with Gasteiger partial charge in [-0.15, -0.1) is 0 Å². The second-order valence-corrected chi connectivity index (χ2v) is 22.2. The number of aromatic nitrogens is 1. The Bertz CT molecular complexity index is 1680. The third-order valence-electron chi connectivity index (χ3n) is 11.5. The Balaban J connectivity index is 1.42. The molecule has 0 bridgehead atoms. The highest BCUT2D eigenvalue weighted by atomic mass is 28.4. The molecule has 2 unspecified atom stereocenters. The van der Waals surface area contributed by atoms with Crippen LogP contribution < -0.4 is 16.1 Å². The van der Waals surface area contributed by atoms with Gasteiger partial charge in [-0.25, -0.2) is 5.43 Å². The maximum absolute atomic E-state index is 13.4. The van der Waals surface area contributed by atoms with Gasteiger partial charge >= 0.3 is 5.97 Å². The molecule has 4 rings (SSSR count). The molecule has 2 aliphatic rings. The lowest BCUT2D eigenvalue weighted by Gasteiger charge is -2.44. The molecule has 1 aromatic carbocycles. The topological polar surface area (TPSA) is 170 Å². The van der Waals surface area contributed by atoms with E-state index in [1.54, 1.807) is 20.8 Å². The van der Waals surface area contributed by atoms with Crippen molar-refractivity contribution in [3.63, 3.8) is 0 Å². The minimum absolute atomic E-state index is 0.0877. The van der Waals surface area contributed by atoms with Crippen LogP contribution in [0, 0.1) is 11.3 Å². The second kappa shape index (κ2) is 17.9. The summed E-state index contributed by atoms with van der Waals surface area (Å²) in [4.78, 5) is 56.4. The Kier molecular flexibility index (Phi) is 14.3. The largest absolute Gasteiger partial charge is 0.481 e. The van der Waals surface area contributed by atoms with E-state index in [-0.39, 0.29) is 17.9 Å². The summed E-state index contributed by atoms with van der Waals surface area (Å²) in [5, 5.41) is 28.4. The van der Waals surface area contributed by atoms with Crippen LogP contribution in [0.3, 0.4) is 0 Å². The van der Waals surface area contributed by atoms with Crippen LogP contribution in [-0.4, -0.2) is 83.1 Å². The number of nitrogens with zero attached hydrogens (tertiary/aromatic N) is 2. The molecule has 1 saturated carbocycles. The summed E-state index contributed by atoms with van der Waals surface area (Å²) < 4.78 is 7.01. The van der Waals surface area contributed by atoms with Crippen LogP contribution in [0.25, 0.3) is 17.0 Å². The molecule has 5 N–H and O–H groups in total. The molecular formula is C41H63N5O7Si. The fraction of sp³-hybridized carbons (Fsp3) is 0.634. The van der Waals surface area contributed by atoms with Gasteiger partial charge in [0.05, 0.1) is 22.7 Å². The van der Waals surface area contributed by atoms with E-state index in [0.29, 0.717) is 54.5 Å². The number of carboxylic acids is 1. The van der Waals surface area contributed by atoms with E-state index < -0.39 is 55.7 Å². The zero-order valence-electron chi connectivity index (χ0n) is 33.8. The van der Waals surface area contributed by atoms with Gasteiger partial charge in [-0.1, -0.05) is 85.7 Å². The monoisotopic (exact) mass is 765 g/mol. The van der Waals surface area contributed by atoms with Gasteiger partial charge in [-0.3, -0.25) is 29.2 Å². The fourth-order valence-electron chi connectivity index (χ4n) is 8.41. The predicted octanol–water partition coefficient (Wildman–Crippen LogP) is 6.26. The molecule has 0 spiro atoms. The number of hydrogen-bond donors (Lipinski definition) is 5. The number of carbonyl (C=O) groups excluding carboxylic acids is 3. The van der Waals surface area contributed by atoms with Crippen molar-refractivity contribution in [1.29, 1.82) is 0 Å². The summed E-state index contributed by atoms with van der Waals surface area (Å²) in [7, 11) is -2.16. The molecule has 298 valence electrons. The number of hydrazine groups is 1. The molecule has 2 fully saturated rings. The molecule has 1 aliphatic carbocycles. The van der Waals surface area contributed by atoms with Crippen LogP contribution >= 0.6 is 0 Å². The molecule has 54 heavy (non-hydrogen) atoms. The number of carbonyl (C=O) groups is 4. The van der Waals surface area contributed by atoms with Crippen molar-refractivity contribution in [2.24, 2.45) is 11.3 Å². The van der Waals surface area contributed by atoms with E-state index >= 15 is 0 Å². The molecule has 1 saturated heterocycles. The van der Waals surface area contributed by atoms with Gasteiger partial charge in [-0.2, -0.15) is 0 Å². The summed E-state index contributed by atoms with van der Waals surface area (Å²) in [6, 6.07) is 7.69. The van der Waals surface area contributed by atoms with E-state index in [0.717, 1.165) is 22.9 Å². The van der Waals surface area contributed by atoms with Gasteiger partial charge in [-0.05, 0) is 86.2 Å². The number of rotatable bonds is 15. The van der Waals surface area contributed by atoms with E-state index in [9.17, 15) is 29.4 Å². The predicted molar refractivity (Wildman–Crippen MR) is 213 cm³/mol. The van der Waals surface area contributed by atoms with E-state index in [4.69, 9.17) is 9.41 Å². The van der Waals surface area contributed by atoms with Crippen molar-refractivity contribution < 1.29 is 33.8 Å². The lowest BCUT2D eigenvalue weighted by Crippen LogP contribution is -2.61. The Morgan fingerprint density at radius 2 is 1.61 bits per heavy atom. The molecule has 0 radical (unpaired) electrons. The quantitative estimate of drug-likeness (QED) is 0.131. The van der Waals surface area contributed by atoms with Crippen molar-refractivity contribution in [2.45, 2.75) is 148 Å². The number of pyridine rings is 1. The van der Waals surface area contributed by atoms with Crippen LogP contribution in [0.15, 0.2) is 36.4 Å². The molecule has 3 amide bonds. The summed E-state index contributed by atoms with van der Waals surface area (Å²) in [6.45, 7) is 20.7. The van der Waals surface area contributed by atoms with Crippen molar-refractivity contribution in [2.75, 3.05) is 6.54 Å². The van der Waals surface area contributed by atoms with Gasteiger partial charge < -0.3 is 25.3 Å². The molecule has 12 nitrogen and oxygen atoms in total. The van der Waals surface area contributed by atoms with Crippen LogP contribution in [0.5, 0.6) is 0 Å². The summed E-state index contributed by atoms with van der Waals surface area (Å²) in [5.74, 6) is -2.41. The molecular weight excluding hydrogens is 703 g/mol. The number of carboxylic acid groups (broad SMARTS) is 1. The minimum atomic E-state index is -2.16. The van der Waals surface area contributed by atoms with E-state index in [2.05, 4.69) is 57.6 Å². The number of fused-ring (bicyclic) bond motifs is 1. The third-order valence-corrected chi connectivity index (χ3v) is 17.7. The van der Waals surface area contributed by atoms with Crippen molar-refractivity contribution in [3.05, 3.63) is 47.7 Å². The third kappa shape index (κ3) is 9.58. The first kappa shape index (κ1) is 43.1. The van der Waals surface area contributed by atoms with Crippen LogP contribution in [0.1, 0.15) is 119 Å². The highest BCUT2D eigenvalue weighted by Crippen LogP contribution is 2.48. The zero-order valence-corrected chi connectivity index (χ0v) is 34.8. The lowest BCUT2D eigenvalue weighted by molar-refractivity contribution is -0.146.